The van der Waals surface area contributed by atoms with Crippen molar-refractivity contribution >= 4 is 49.7 Å². The zero-order chi connectivity index (χ0) is 13.4. The van der Waals surface area contributed by atoms with Gasteiger partial charge in [-0.3, -0.25) is 0 Å². The van der Waals surface area contributed by atoms with E-state index in [0.29, 0.717) is 0 Å². The fourth-order valence-electron chi connectivity index (χ4n) is 2.58. The lowest BCUT2D eigenvalue weighted by atomic mass is 9.64. The highest BCUT2D eigenvalue weighted by Crippen LogP contribution is 2.32. The topological polar surface area (TPSA) is 63.0 Å². The Morgan fingerprint density at radius 2 is 1.27 bits per heavy atom. The van der Waals surface area contributed by atoms with Crippen LogP contribution in [0.1, 0.15) is 0 Å². The molecule has 4 heteroatoms. The lowest BCUT2D eigenvalue weighted by Gasteiger charge is -2.01. The maximum Gasteiger partial charge on any atom is 0.191 e. The molecule has 109 valence electrons. The normalized spacial score (nSPS) is 10.0. The van der Waals surface area contributed by atoms with E-state index in [1.165, 1.54) is 31.1 Å². The van der Waals surface area contributed by atoms with Crippen molar-refractivity contribution in [2.24, 2.45) is 0 Å². The second kappa shape index (κ2) is 6.75. The van der Waals surface area contributed by atoms with Crippen LogP contribution in [-0.4, -0.2) is 18.2 Å². The number of fused-ring (bicyclic) bond motifs is 3. The average molecular weight is 307 g/mol. The van der Waals surface area contributed by atoms with Gasteiger partial charge < -0.3 is 11.0 Å². The summed E-state index contributed by atoms with van der Waals surface area (Å²) in [6.45, 7) is 0. The summed E-state index contributed by atoms with van der Waals surface area (Å²) in [5, 5.41) is 2.71. The van der Waals surface area contributed by atoms with E-state index in [1.54, 1.807) is 0 Å². The van der Waals surface area contributed by atoms with Crippen LogP contribution in [0.4, 0.5) is 0 Å². The summed E-state index contributed by atoms with van der Waals surface area (Å²) in [7, 11) is 2.23. The average Bonchev–Trinajstić information content (AvgIpc) is 2.86. The van der Waals surface area contributed by atoms with Gasteiger partial charge in [0.05, 0.1) is 0 Å². The van der Waals surface area contributed by atoms with Gasteiger partial charge in [0.15, 0.2) is 7.28 Å². The maximum atomic E-state index is 2.29. The number of rotatable bonds is 2. The molecule has 1 radical (unpaired) electrons. The van der Waals surface area contributed by atoms with E-state index < -0.39 is 0 Å². The fraction of sp³-hybridized carbons (Fsp3) is 0. The summed E-state index contributed by atoms with van der Waals surface area (Å²) >= 11 is 1.86. The first kappa shape index (κ1) is 16.2. The molecule has 1 aromatic heterocycles. The van der Waals surface area contributed by atoms with Gasteiger partial charge in [-0.15, -0.1) is 11.3 Å². The van der Waals surface area contributed by atoms with E-state index in [4.69, 9.17) is 0 Å². The molecule has 2 nitrogen and oxygen atoms in total. The van der Waals surface area contributed by atoms with Crippen molar-refractivity contribution < 1.29 is 11.0 Å². The Balaban J connectivity index is 0.000000882. The highest BCUT2D eigenvalue weighted by atomic mass is 32.1. The van der Waals surface area contributed by atoms with Gasteiger partial charge in [-0.25, -0.2) is 0 Å². The zero-order valence-electron chi connectivity index (χ0n) is 11.9. The van der Waals surface area contributed by atoms with Crippen LogP contribution in [0.5, 0.6) is 0 Å². The van der Waals surface area contributed by atoms with Crippen molar-refractivity contribution in [1.82, 2.24) is 0 Å². The molecular formula is C18H16BO2S. The van der Waals surface area contributed by atoms with Gasteiger partial charge >= 0.3 is 0 Å². The molecule has 0 amide bonds. The minimum absolute atomic E-state index is 0. The van der Waals surface area contributed by atoms with Gasteiger partial charge in [-0.2, -0.15) is 0 Å². The summed E-state index contributed by atoms with van der Waals surface area (Å²) in [5.41, 5.74) is 2.50. The first-order valence-corrected chi connectivity index (χ1v) is 7.53. The van der Waals surface area contributed by atoms with Crippen LogP contribution in [0.2, 0.25) is 0 Å². The molecule has 0 fully saturated rings. The van der Waals surface area contributed by atoms with Crippen LogP contribution in [0.15, 0.2) is 72.8 Å². The van der Waals surface area contributed by atoms with Crippen LogP contribution in [0.25, 0.3) is 20.2 Å². The van der Waals surface area contributed by atoms with Crippen molar-refractivity contribution in [2.75, 3.05) is 0 Å². The number of hydrogen-bond donors (Lipinski definition) is 0. The molecule has 0 saturated heterocycles. The van der Waals surface area contributed by atoms with E-state index in [-0.39, 0.29) is 11.0 Å². The molecule has 4 rings (SSSR count). The number of hydrogen-bond acceptors (Lipinski definition) is 1. The Bertz CT molecular complexity index is 887. The van der Waals surface area contributed by atoms with Crippen molar-refractivity contribution in [3.05, 3.63) is 72.8 Å². The largest absolute Gasteiger partial charge is 0.412 e. The second-order valence-electron chi connectivity index (χ2n) is 4.91. The van der Waals surface area contributed by atoms with Gasteiger partial charge in [0.2, 0.25) is 0 Å². The molecule has 3 aromatic carbocycles. The molecule has 1 heterocycles. The molecule has 0 spiro atoms. The lowest BCUT2D eigenvalue weighted by Crippen LogP contribution is -2.26. The Morgan fingerprint density at radius 3 is 2.09 bits per heavy atom. The summed E-state index contributed by atoms with van der Waals surface area (Å²) in [4.78, 5) is 0. The van der Waals surface area contributed by atoms with Gasteiger partial charge in [0, 0.05) is 14.8 Å². The predicted octanol–water partition coefficient (Wildman–Crippen LogP) is 2.06. The first-order chi connectivity index (χ1) is 9.90. The van der Waals surface area contributed by atoms with Crippen LogP contribution in [0, 0.1) is 0 Å². The van der Waals surface area contributed by atoms with Gasteiger partial charge in [0.1, 0.15) is 0 Å². The van der Waals surface area contributed by atoms with Crippen LogP contribution in [-0.2, 0) is 0 Å². The third kappa shape index (κ3) is 2.90. The standard InChI is InChI=1S/C18H12BS.2H2O/c1-2-6-13(7-3-1)19-14-10-11-18-16(12-14)15-8-4-5-9-17(15)20-18;;/h1-12H;2*1H2. The van der Waals surface area contributed by atoms with Gasteiger partial charge in [0.25, 0.3) is 0 Å². The maximum absolute atomic E-state index is 2.29. The number of benzene rings is 3. The smallest absolute Gasteiger partial charge is 0.191 e. The van der Waals surface area contributed by atoms with E-state index in [0.717, 1.165) is 0 Å². The molecule has 0 unspecified atom stereocenters. The molecule has 0 aliphatic heterocycles. The van der Waals surface area contributed by atoms with Crippen LogP contribution < -0.4 is 10.9 Å². The van der Waals surface area contributed by atoms with Crippen molar-refractivity contribution in [3.63, 3.8) is 0 Å². The summed E-state index contributed by atoms with van der Waals surface area (Å²) in [6.07, 6.45) is 0. The molecule has 22 heavy (non-hydrogen) atoms. The van der Waals surface area contributed by atoms with Crippen LogP contribution in [0.3, 0.4) is 0 Å². The third-order valence-corrected chi connectivity index (χ3v) is 4.69. The minimum Gasteiger partial charge on any atom is -0.412 e. The Kier molecular flexibility index (Phi) is 4.98. The van der Waals surface area contributed by atoms with Crippen molar-refractivity contribution in [3.8, 4) is 0 Å². The van der Waals surface area contributed by atoms with Crippen molar-refractivity contribution in [1.29, 1.82) is 0 Å². The monoisotopic (exact) mass is 307 g/mol. The SMILES string of the molecule is O.O.[B](c1ccccc1)c1ccc2sc3ccccc3c2c1. The van der Waals surface area contributed by atoms with Gasteiger partial charge in [-0.1, -0.05) is 71.6 Å². The molecule has 0 aliphatic carbocycles. The number of thiophene rings is 1. The van der Waals surface area contributed by atoms with E-state index >= 15 is 0 Å². The van der Waals surface area contributed by atoms with Crippen molar-refractivity contribution in [2.45, 2.75) is 0 Å². The lowest BCUT2D eigenvalue weighted by molar-refractivity contribution is 0.823. The first-order valence-electron chi connectivity index (χ1n) is 6.71. The van der Waals surface area contributed by atoms with E-state index in [2.05, 4.69) is 74.0 Å². The molecule has 0 bridgehead atoms. The molecule has 4 N–H and O–H groups in total. The summed E-state index contributed by atoms with van der Waals surface area (Å²) < 4.78 is 2.72. The second-order valence-corrected chi connectivity index (χ2v) is 5.99. The molecular weight excluding hydrogens is 291 g/mol. The van der Waals surface area contributed by atoms with E-state index in [9.17, 15) is 0 Å². The Morgan fingerprint density at radius 1 is 0.591 bits per heavy atom. The Hall–Kier alpha value is -2.14. The summed E-state index contributed by atoms with van der Waals surface area (Å²) in [6, 6.07) is 25.8. The molecule has 4 aromatic rings. The molecule has 0 aliphatic rings. The third-order valence-electron chi connectivity index (χ3n) is 3.53. The minimum atomic E-state index is 0. The zero-order valence-corrected chi connectivity index (χ0v) is 12.7. The highest BCUT2D eigenvalue weighted by molar-refractivity contribution is 7.25. The quantitative estimate of drug-likeness (QED) is 0.509. The molecule has 0 atom stereocenters. The van der Waals surface area contributed by atoms with Crippen LogP contribution >= 0.6 is 11.3 Å². The highest BCUT2D eigenvalue weighted by Gasteiger charge is 2.06. The van der Waals surface area contributed by atoms with E-state index in [1.807, 2.05) is 17.4 Å². The summed E-state index contributed by atoms with van der Waals surface area (Å²) in [5.74, 6) is 0. The molecule has 0 saturated carbocycles. The van der Waals surface area contributed by atoms with Gasteiger partial charge in [-0.05, 0) is 17.5 Å². The predicted molar refractivity (Wildman–Crippen MR) is 98.0 cm³/mol. The Labute approximate surface area is 133 Å². The fourth-order valence-corrected chi connectivity index (χ4v) is 3.66.